The summed E-state index contributed by atoms with van der Waals surface area (Å²) in [6.45, 7) is 0. The van der Waals surface area contributed by atoms with Crippen molar-refractivity contribution in [3.05, 3.63) is 0 Å². The first-order chi connectivity index (χ1) is 6.53. The van der Waals surface area contributed by atoms with Crippen LogP contribution in [0.1, 0.15) is 12.8 Å². The van der Waals surface area contributed by atoms with Gasteiger partial charge in [0, 0.05) is 0 Å². The van der Waals surface area contributed by atoms with Gasteiger partial charge in [0.1, 0.15) is 17.0 Å². The molecule has 0 aromatic carbocycles. The van der Waals surface area contributed by atoms with Gasteiger partial charge < -0.3 is 9.47 Å². The van der Waals surface area contributed by atoms with Gasteiger partial charge in [0.05, 0.1) is 14.2 Å². The molecule has 0 saturated heterocycles. The van der Waals surface area contributed by atoms with E-state index in [0.717, 1.165) is 0 Å². The quantitative estimate of drug-likeness (QED) is 0.610. The largest absolute Gasteiger partial charge is 0.469 e. The van der Waals surface area contributed by atoms with Crippen LogP contribution in [-0.2, 0) is 19.1 Å². The van der Waals surface area contributed by atoms with Crippen LogP contribution < -0.4 is 0 Å². The molecule has 0 heterocycles. The minimum absolute atomic E-state index is 0.223. The van der Waals surface area contributed by atoms with Crippen molar-refractivity contribution in [2.45, 2.75) is 19.0 Å². The van der Waals surface area contributed by atoms with E-state index in [4.69, 9.17) is 0 Å². The molecule has 0 aromatic rings. The predicted octanol–water partition coefficient (Wildman–Crippen LogP) is 0.451. The van der Waals surface area contributed by atoms with E-state index in [0.29, 0.717) is 0 Å². The Bertz CT molecular complexity index is 278. The zero-order valence-electron chi connectivity index (χ0n) is 8.00. The van der Waals surface area contributed by atoms with E-state index in [9.17, 15) is 14.0 Å². The summed E-state index contributed by atoms with van der Waals surface area (Å²) >= 11 is 0. The van der Waals surface area contributed by atoms with E-state index in [2.05, 4.69) is 9.47 Å². The van der Waals surface area contributed by atoms with Crippen molar-refractivity contribution in [3.63, 3.8) is 0 Å². The highest BCUT2D eigenvalue weighted by Gasteiger charge is 2.84. The first kappa shape index (κ1) is 9.43. The monoisotopic (exact) mass is 202 g/mol. The van der Waals surface area contributed by atoms with E-state index in [1.54, 1.807) is 0 Å². The van der Waals surface area contributed by atoms with Gasteiger partial charge in [-0.15, -0.1) is 0 Å². The molecule has 0 aromatic heterocycles. The van der Waals surface area contributed by atoms with Crippen molar-refractivity contribution in [2.24, 2.45) is 10.8 Å². The molecular formula is C9H11FO4. The maximum Gasteiger partial charge on any atom is 0.314 e. The van der Waals surface area contributed by atoms with Gasteiger partial charge in [0.15, 0.2) is 0 Å². The zero-order valence-corrected chi connectivity index (χ0v) is 8.00. The molecule has 0 N–H and O–H groups in total. The Morgan fingerprint density at radius 3 is 1.71 bits per heavy atom. The van der Waals surface area contributed by atoms with Crippen LogP contribution in [0.5, 0.6) is 0 Å². The minimum atomic E-state index is -1.44. The van der Waals surface area contributed by atoms with Crippen LogP contribution in [-0.4, -0.2) is 32.3 Å². The molecule has 0 spiro atoms. The lowest BCUT2D eigenvalue weighted by molar-refractivity contribution is -0.276. The van der Waals surface area contributed by atoms with Gasteiger partial charge in [-0.25, -0.2) is 4.39 Å². The van der Waals surface area contributed by atoms with Crippen molar-refractivity contribution in [1.82, 2.24) is 0 Å². The number of carbonyl (C=O) groups is 2. The lowest BCUT2D eigenvalue weighted by Crippen LogP contribution is -2.78. The molecule has 0 radical (unpaired) electrons. The highest BCUT2D eigenvalue weighted by molar-refractivity contribution is 5.93. The molecule has 3 aliphatic rings. The number of halogens is 1. The summed E-state index contributed by atoms with van der Waals surface area (Å²) < 4.78 is 22.5. The number of alkyl halides is 1. The fourth-order valence-corrected chi connectivity index (χ4v) is 2.60. The molecular weight excluding hydrogens is 191 g/mol. The molecule has 3 saturated carbocycles. The summed E-state index contributed by atoms with van der Waals surface area (Å²) in [6, 6.07) is 0. The lowest BCUT2D eigenvalue weighted by Gasteiger charge is -2.68. The summed E-state index contributed by atoms with van der Waals surface area (Å²) in [5.74, 6) is -1.12. The van der Waals surface area contributed by atoms with E-state index in [-0.39, 0.29) is 12.8 Å². The third kappa shape index (κ3) is 0.701. The Morgan fingerprint density at radius 2 is 1.50 bits per heavy atom. The summed E-state index contributed by atoms with van der Waals surface area (Å²) in [4.78, 5) is 22.4. The first-order valence-corrected chi connectivity index (χ1v) is 4.34. The third-order valence-corrected chi connectivity index (χ3v) is 3.42. The second-order valence-corrected chi connectivity index (χ2v) is 4.01. The Hall–Kier alpha value is -1.13. The number of esters is 2. The van der Waals surface area contributed by atoms with Gasteiger partial charge in [-0.2, -0.15) is 0 Å². The number of ether oxygens (including phenoxy) is 2. The molecule has 3 fully saturated rings. The van der Waals surface area contributed by atoms with Crippen LogP contribution in [0.2, 0.25) is 0 Å². The SMILES string of the molecule is COC(=O)C12CC(C(=O)OC)(C1)C2F. The van der Waals surface area contributed by atoms with Crippen molar-refractivity contribution >= 4 is 11.9 Å². The van der Waals surface area contributed by atoms with Crippen LogP contribution in [0.25, 0.3) is 0 Å². The van der Waals surface area contributed by atoms with E-state index in [1.807, 2.05) is 0 Å². The van der Waals surface area contributed by atoms with Gasteiger partial charge in [-0.05, 0) is 12.8 Å². The summed E-state index contributed by atoms with van der Waals surface area (Å²) in [7, 11) is 2.44. The minimum Gasteiger partial charge on any atom is -0.469 e. The van der Waals surface area contributed by atoms with Gasteiger partial charge in [0.25, 0.3) is 0 Å². The average Bonchev–Trinajstić information content (AvgIpc) is 2.15. The molecule has 0 atom stereocenters. The second-order valence-electron chi connectivity index (χ2n) is 4.01. The Morgan fingerprint density at radius 1 is 1.14 bits per heavy atom. The third-order valence-electron chi connectivity index (χ3n) is 3.42. The number of methoxy groups -OCH3 is 2. The summed E-state index contributed by atoms with van der Waals surface area (Å²) in [6.07, 6.45) is -0.990. The maximum absolute atomic E-state index is 13.5. The van der Waals surface area contributed by atoms with Gasteiger partial charge in [-0.3, -0.25) is 9.59 Å². The summed E-state index contributed by atoms with van der Waals surface area (Å²) in [5.41, 5.74) is -2.11. The number of carbonyl (C=O) groups excluding carboxylic acids is 2. The van der Waals surface area contributed by atoms with Crippen LogP contribution in [0.15, 0.2) is 0 Å². The van der Waals surface area contributed by atoms with E-state index < -0.39 is 28.9 Å². The highest BCUT2D eigenvalue weighted by atomic mass is 19.1. The Kier molecular flexibility index (Phi) is 1.66. The van der Waals surface area contributed by atoms with Crippen molar-refractivity contribution in [1.29, 1.82) is 0 Å². The van der Waals surface area contributed by atoms with Crippen molar-refractivity contribution in [3.8, 4) is 0 Å². The topological polar surface area (TPSA) is 52.6 Å². The summed E-state index contributed by atoms with van der Waals surface area (Å²) in [5, 5.41) is 0. The molecule has 3 aliphatic carbocycles. The molecule has 5 heteroatoms. The first-order valence-electron chi connectivity index (χ1n) is 4.34. The predicted molar refractivity (Wildman–Crippen MR) is 43.0 cm³/mol. The molecule has 4 nitrogen and oxygen atoms in total. The zero-order chi connectivity index (χ0) is 10.6. The fraction of sp³-hybridized carbons (Fsp3) is 0.778. The molecule has 78 valence electrons. The molecule has 0 unspecified atom stereocenters. The number of rotatable bonds is 2. The smallest absolute Gasteiger partial charge is 0.314 e. The normalized spacial score (nSPS) is 43.2. The average molecular weight is 202 g/mol. The lowest BCUT2D eigenvalue weighted by atomic mass is 9.33. The van der Waals surface area contributed by atoms with Gasteiger partial charge in [0.2, 0.25) is 0 Å². The molecule has 3 rings (SSSR count). The fourth-order valence-electron chi connectivity index (χ4n) is 2.60. The van der Waals surface area contributed by atoms with Crippen molar-refractivity contribution < 1.29 is 23.5 Å². The molecule has 2 bridgehead atoms. The van der Waals surface area contributed by atoms with Gasteiger partial charge in [-0.1, -0.05) is 0 Å². The Labute approximate surface area is 80.4 Å². The van der Waals surface area contributed by atoms with E-state index >= 15 is 0 Å². The molecule has 14 heavy (non-hydrogen) atoms. The highest BCUT2D eigenvalue weighted by Crippen LogP contribution is 2.75. The van der Waals surface area contributed by atoms with Gasteiger partial charge >= 0.3 is 11.9 Å². The standard InChI is InChI=1S/C9H11FO4/c1-13-6(11)8-3-9(4-8,5(8)10)7(12)14-2/h5H,3-4H2,1-2H3. The number of hydrogen-bond donors (Lipinski definition) is 0. The van der Waals surface area contributed by atoms with Crippen LogP contribution in [0.4, 0.5) is 4.39 Å². The van der Waals surface area contributed by atoms with Crippen molar-refractivity contribution in [2.75, 3.05) is 14.2 Å². The van der Waals surface area contributed by atoms with Crippen LogP contribution in [0.3, 0.4) is 0 Å². The maximum atomic E-state index is 13.5. The van der Waals surface area contributed by atoms with E-state index in [1.165, 1.54) is 14.2 Å². The Balaban J connectivity index is 2.12. The number of hydrogen-bond acceptors (Lipinski definition) is 4. The molecule has 0 amide bonds. The van der Waals surface area contributed by atoms with Crippen LogP contribution >= 0.6 is 0 Å². The molecule has 0 aliphatic heterocycles. The van der Waals surface area contributed by atoms with Crippen LogP contribution in [0, 0.1) is 10.8 Å². The second kappa shape index (κ2) is 2.46.